The summed E-state index contributed by atoms with van der Waals surface area (Å²) in [6.45, 7) is 5.90. The molecule has 0 fully saturated rings. The summed E-state index contributed by atoms with van der Waals surface area (Å²) in [5.41, 5.74) is 2.21. The van der Waals surface area contributed by atoms with Crippen molar-refractivity contribution in [3.05, 3.63) is 53.6 Å². The van der Waals surface area contributed by atoms with Crippen LogP contribution in [0.2, 0.25) is 0 Å². The molecule has 2 aromatic carbocycles. The number of hydrogen-bond acceptors (Lipinski definition) is 4. The Morgan fingerprint density at radius 2 is 1.05 bits per heavy atom. The van der Waals surface area contributed by atoms with Crippen LogP contribution in [0.4, 0.5) is 0 Å². The maximum atomic E-state index is 9.78. The van der Waals surface area contributed by atoms with Crippen molar-refractivity contribution in [2.24, 2.45) is 0 Å². The van der Waals surface area contributed by atoms with Gasteiger partial charge in [-0.1, -0.05) is 135 Å². The van der Waals surface area contributed by atoms with Crippen molar-refractivity contribution in [1.29, 1.82) is 5.26 Å². The molecule has 0 aliphatic carbocycles. The van der Waals surface area contributed by atoms with Crippen LogP contribution in [0.1, 0.15) is 153 Å². The maximum Gasteiger partial charge on any atom is 0.161 e. The third kappa shape index (κ3) is 17.1. The van der Waals surface area contributed by atoms with Crippen LogP contribution in [0.5, 0.6) is 17.2 Å². The largest absolute Gasteiger partial charge is 0.508 e. The molecule has 0 atom stereocenters. The SMILES string of the molecule is CCCCCCCCCCCCOc1ccc(/C=C(/C#N)c2ccc(O)cc2)cc1OCCCCCCCCCCCC. The summed E-state index contributed by atoms with van der Waals surface area (Å²) in [7, 11) is 0. The summed E-state index contributed by atoms with van der Waals surface area (Å²) in [6, 6.07) is 15.0. The summed E-state index contributed by atoms with van der Waals surface area (Å²) < 4.78 is 12.5. The number of phenols is 1. The lowest BCUT2D eigenvalue weighted by Gasteiger charge is -2.14. The first kappa shape index (κ1) is 36.3. The minimum absolute atomic E-state index is 0.188. The number of aromatic hydroxyl groups is 1. The number of rotatable bonds is 26. The van der Waals surface area contributed by atoms with E-state index < -0.39 is 0 Å². The zero-order valence-electron chi connectivity index (χ0n) is 27.4. The molecule has 0 aliphatic heterocycles. The van der Waals surface area contributed by atoms with E-state index in [1.165, 1.54) is 116 Å². The molecule has 4 nitrogen and oxygen atoms in total. The molecule has 4 heteroatoms. The van der Waals surface area contributed by atoms with Crippen LogP contribution in [-0.4, -0.2) is 18.3 Å². The highest BCUT2D eigenvalue weighted by molar-refractivity contribution is 5.89. The van der Waals surface area contributed by atoms with E-state index in [1.807, 2.05) is 24.3 Å². The maximum absolute atomic E-state index is 9.78. The minimum atomic E-state index is 0.188. The van der Waals surface area contributed by atoms with E-state index in [0.717, 1.165) is 35.5 Å². The Bertz CT molecular complexity index is 1040. The summed E-state index contributed by atoms with van der Waals surface area (Å²) >= 11 is 0. The second-order valence-corrected chi connectivity index (χ2v) is 12.0. The Morgan fingerprint density at radius 3 is 1.51 bits per heavy atom. The van der Waals surface area contributed by atoms with Crippen LogP contribution in [0, 0.1) is 11.3 Å². The number of nitrogens with zero attached hydrogens (tertiary/aromatic N) is 1. The van der Waals surface area contributed by atoms with Crippen LogP contribution in [0.25, 0.3) is 11.6 Å². The lowest BCUT2D eigenvalue weighted by Crippen LogP contribution is -2.03. The van der Waals surface area contributed by atoms with Gasteiger partial charge in [0.1, 0.15) is 5.75 Å². The average Bonchev–Trinajstić information content (AvgIpc) is 3.02. The van der Waals surface area contributed by atoms with Crippen molar-refractivity contribution < 1.29 is 14.6 Å². The second-order valence-electron chi connectivity index (χ2n) is 12.0. The number of hydrogen-bond donors (Lipinski definition) is 1. The summed E-state index contributed by atoms with van der Waals surface area (Å²) in [5, 5.41) is 19.4. The van der Waals surface area contributed by atoms with Gasteiger partial charge >= 0.3 is 0 Å². The number of unbranched alkanes of at least 4 members (excludes halogenated alkanes) is 18. The predicted molar refractivity (Wildman–Crippen MR) is 183 cm³/mol. The molecule has 2 rings (SSSR count). The number of benzene rings is 2. The Kier molecular flexibility index (Phi) is 20.7. The molecule has 1 N–H and O–H groups in total. The molecular weight excluding hydrogens is 530 g/mol. The highest BCUT2D eigenvalue weighted by Gasteiger charge is 2.09. The molecule has 238 valence electrons. The topological polar surface area (TPSA) is 62.5 Å². The van der Waals surface area contributed by atoms with Gasteiger partial charge in [-0.2, -0.15) is 5.26 Å². The van der Waals surface area contributed by atoms with Gasteiger partial charge in [0.2, 0.25) is 0 Å². The predicted octanol–water partition coefficient (Wildman–Crippen LogP) is 12.1. The zero-order valence-corrected chi connectivity index (χ0v) is 27.4. The van der Waals surface area contributed by atoms with Crippen LogP contribution in [-0.2, 0) is 0 Å². The molecule has 0 saturated carbocycles. The number of allylic oxidation sites excluding steroid dienone is 1. The van der Waals surface area contributed by atoms with E-state index in [0.29, 0.717) is 18.8 Å². The number of ether oxygens (including phenoxy) is 2. The Balaban J connectivity index is 1.86. The molecule has 2 aromatic rings. The van der Waals surface area contributed by atoms with Crippen molar-refractivity contribution in [1.82, 2.24) is 0 Å². The summed E-state index contributed by atoms with van der Waals surface area (Å²) in [6.07, 6.45) is 27.8. The van der Waals surface area contributed by atoms with E-state index in [9.17, 15) is 10.4 Å². The van der Waals surface area contributed by atoms with E-state index in [1.54, 1.807) is 24.3 Å². The van der Waals surface area contributed by atoms with Gasteiger partial charge in [-0.15, -0.1) is 0 Å². The zero-order chi connectivity index (χ0) is 30.8. The molecule has 43 heavy (non-hydrogen) atoms. The highest BCUT2D eigenvalue weighted by Crippen LogP contribution is 2.31. The van der Waals surface area contributed by atoms with Crippen molar-refractivity contribution in [2.45, 2.75) is 142 Å². The van der Waals surface area contributed by atoms with Crippen molar-refractivity contribution in [3.63, 3.8) is 0 Å². The molecule has 0 aliphatic rings. The van der Waals surface area contributed by atoms with Crippen LogP contribution in [0.3, 0.4) is 0 Å². The van der Waals surface area contributed by atoms with Gasteiger partial charge < -0.3 is 14.6 Å². The lowest BCUT2D eigenvalue weighted by molar-refractivity contribution is 0.258. The Morgan fingerprint density at radius 1 is 0.605 bits per heavy atom. The van der Waals surface area contributed by atoms with Gasteiger partial charge in [-0.3, -0.25) is 0 Å². The molecular formula is C39H59NO3. The van der Waals surface area contributed by atoms with Gasteiger partial charge in [0, 0.05) is 0 Å². The fourth-order valence-corrected chi connectivity index (χ4v) is 5.38. The standard InChI is InChI=1S/C39H59NO3/c1-3-5-7-9-11-13-15-17-19-21-29-42-38-28-23-34(31-36(33-40)35-24-26-37(41)27-25-35)32-39(38)43-30-22-20-18-16-14-12-10-8-6-4-2/h23-28,31-32,41H,3-22,29-30H2,1-2H3/b36-31-. The van der Waals surface area contributed by atoms with Crippen LogP contribution in [0.15, 0.2) is 42.5 Å². The average molecular weight is 590 g/mol. The van der Waals surface area contributed by atoms with E-state index in [4.69, 9.17) is 9.47 Å². The molecule has 0 heterocycles. The molecule has 0 amide bonds. The second kappa shape index (κ2) is 24.5. The van der Waals surface area contributed by atoms with E-state index in [2.05, 4.69) is 19.9 Å². The first-order valence-corrected chi connectivity index (χ1v) is 17.5. The molecule has 0 bridgehead atoms. The van der Waals surface area contributed by atoms with Gasteiger partial charge in [0.15, 0.2) is 11.5 Å². The fraction of sp³-hybridized carbons (Fsp3) is 0.615. The van der Waals surface area contributed by atoms with Gasteiger partial charge in [-0.05, 0) is 66.4 Å². The lowest BCUT2D eigenvalue weighted by atomic mass is 10.0. The quantitative estimate of drug-likeness (QED) is 0.0673. The van der Waals surface area contributed by atoms with Gasteiger partial charge in [0.05, 0.1) is 24.9 Å². The van der Waals surface area contributed by atoms with Gasteiger partial charge in [0.25, 0.3) is 0 Å². The molecule has 0 unspecified atom stereocenters. The first-order chi connectivity index (χ1) is 21.2. The molecule has 0 radical (unpaired) electrons. The highest BCUT2D eigenvalue weighted by atomic mass is 16.5. The van der Waals surface area contributed by atoms with Crippen molar-refractivity contribution >= 4 is 11.6 Å². The van der Waals surface area contributed by atoms with Gasteiger partial charge in [-0.25, -0.2) is 0 Å². The van der Waals surface area contributed by atoms with Crippen molar-refractivity contribution in [3.8, 4) is 23.3 Å². The fourth-order valence-electron chi connectivity index (χ4n) is 5.38. The minimum Gasteiger partial charge on any atom is -0.508 e. The van der Waals surface area contributed by atoms with Crippen molar-refractivity contribution in [2.75, 3.05) is 13.2 Å². The van der Waals surface area contributed by atoms with Crippen LogP contribution >= 0.6 is 0 Å². The number of phenolic OH excluding ortho intramolecular Hbond substituents is 1. The van der Waals surface area contributed by atoms with E-state index >= 15 is 0 Å². The number of nitriles is 1. The molecule has 0 aromatic heterocycles. The monoisotopic (exact) mass is 589 g/mol. The third-order valence-corrected chi connectivity index (χ3v) is 8.09. The smallest absolute Gasteiger partial charge is 0.161 e. The third-order valence-electron chi connectivity index (χ3n) is 8.09. The summed E-state index contributed by atoms with van der Waals surface area (Å²) in [5.74, 6) is 1.72. The van der Waals surface area contributed by atoms with Crippen LogP contribution < -0.4 is 9.47 Å². The molecule has 0 saturated heterocycles. The Hall–Kier alpha value is -2.93. The Labute approximate surface area is 263 Å². The van der Waals surface area contributed by atoms with E-state index in [-0.39, 0.29) is 5.75 Å². The first-order valence-electron chi connectivity index (χ1n) is 17.5. The molecule has 0 spiro atoms. The summed E-state index contributed by atoms with van der Waals surface area (Å²) in [4.78, 5) is 0. The normalized spacial score (nSPS) is 11.4.